The Balaban J connectivity index is 0. The molecule has 1 nitrogen and oxygen atoms in total. The van der Waals surface area contributed by atoms with Gasteiger partial charge < -0.3 is 5.11 Å². The van der Waals surface area contributed by atoms with Crippen molar-refractivity contribution in [2.75, 3.05) is 7.11 Å². The van der Waals surface area contributed by atoms with E-state index in [9.17, 15) is 0 Å². The number of hydrogen-bond donors (Lipinski definition) is 1. The second kappa shape index (κ2) is 12.7. The van der Waals surface area contributed by atoms with E-state index in [1.165, 1.54) is 25.7 Å². The molecule has 1 N–H and O–H groups in total. The first-order valence-electron chi connectivity index (χ1n) is 3.75. The van der Waals surface area contributed by atoms with E-state index in [2.05, 4.69) is 24.3 Å². The minimum atomic E-state index is 0. The van der Waals surface area contributed by atoms with Gasteiger partial charge in [0.25, 0.3) is 0 Å². The van der Waals surface area contributed by atoms with E-state index in [0.29, 0.717) is 0 Å². The van der Waals surface area contributed by atoms with Crippen LogP contribution in [0.2, 0.25) is 0 Å². The van der Waals surface area contributed by atoms with Crippen LogP contribution >= 0.6 is 0 Å². The molecule has 0 fully saturated rings. The van der Waals surface area contributed by atoms with Crippen molar-refractivity contribution in [2.45, 2.75) is 25.7 Å². The predicted octanol–water partition coefficient (Wildman–Crippen LogP) is 2.28. The molecule has 0 spiro atoms. The van der Waals surface area contributed by atoms with Gasteiger partial charge in [-0.1, -0.05) is 24.3 Å². The summed E-state index contributed by atoms with van der Waals surface area (Å²) in [5.74, 6) is 0. The largest absolute Gasteiger partial charge is 0.400 e. The van der Waals surface area contributed by atoms with Gasteiger partial charge >= 0.3 is 0 Å². The Morgan fingerprint density at radius 1 is 0.727 bits per heavy atom. The smallest absolute Gasteiger partial charge is 0.0319 e. The van der Waals surface area contributed by atoms with Gasteiger partial charge in [0.2, 0.25) is 0 Å². The first-order chi connectivity index (χ1) is 5.00. The molecule has 2 heteroatoms. The fraction of sp³-hybridized carbons (Fsp3) is 0.556. The van der Waals surface area contributed by atoms with E-state index in [1.807, 2.05) is 0 Å². The van der Waals surface area contributed by atoms with E-state index < -0.39 is 0 Å². The van der Waals surface area contributed by atoms with E-state index >= 15 is 0 Å². The molecule has 0 amide bonds. The molecule has 11 heavy (non-hydrogen) atoms. The number of aliphatic hydroxyl groups excluding tert-OH is 1. The molecule has 67 valence electrons. The Morgan fingerprint density at radius 2 is 0.909 bits per heavy atom. The minimum absolute atomic E-state index is 0. The van der Waals surface area contributed by atoms with Gasteiger partial charge in [0.15, 0.2) is 0 Å². The van der Waals surface area contributed by atoms with Crippen LogP contribution in [0.3, 0.4) is 0 Å². The summed E-state index contributed by atoms with van der Waals surface area (Å²) in [6.07, 6.45) is 14.0. The first kappa shape index (κ1) is 13.6. The summed E-state index contributed by atoms with van der Waals surface area (Å²) in [6.45, 7) is 0. The summed E-state index contributed by atoms with van der Waals surface area (Å²) in [4.78, 5) is 0. The van der Waals surface area contributed by atoms with Crippen molar-refractivity contribution < 1.29 is 24.6 Å². The molecule has 0 bridgehead atoms. The molecule has 1 aliphatic carbocycles. The van der Waals surface area contributed by atoms with Crippen LogP contribution < -0.4 is 0 Å². The van der Waals surface area contributed by atoms with Gasteiger partial charge in [-0.3, -0.25) is 0 Å². The Bertz CT molecular complexity index is 82.1. The van der Waals surface area contributed by atoms with Gasteiger partial charge in [-0.2, -0.15) is 0 Å². The quantitative estimate of drug-likeness (QED) is 0.511. The van der Waals surface area contributed by atoms with Crippen molar-refractivity contribution in [1.82, 2.24) is 0 Å². The summed E-state index contributed by atoms with van der Waals surface area (Å²) in [5, 5.41) is 7.00. The van der Waals surface area contributed by atoms with Crippen LogP contribution in [0, 0.1) is 0 Å². The van der Waals surface area contributed by atoms with Crippen LogP contribution in [-0.2, 0) is 19.5 Å². The maximum absolute atomic E-state index is 7.00. The van der Waals surface area contributed by atoms with E-state index in [0.717, 1.165) is 7.11 Å². The molecule has 0 aromatic carbocycles. The molecule has 0 aromatic heterocycles. The normalized spacial score (nSPS) is 18.0. The summed E-state index contributed by atoms with van der Waals surface area (Å²) in [7, 11) is 1.00. The topological polar surface area (TPSA) is 20.2 Å². The van der Waals surface area contributed by atoms with Gasteiger partial charge in [0.05, 0.1) is 0 Å². The molecular weight excluding hydrogens is 227 g/mol. The Morgan fingerprint density at radius 3 is 1.09 bits per heavy atom. The first-order valence-corrected chi connectivity index (χ1v) is 3.75. The Hall–Kier alpha value is 0.0634. The van der Waals surface area contributed by atoms with Crippen LogP contribution in [0.25, 0.3) is 0 Å². The van der Waals surface area contributed by atoms with Crippen LogP contribution in [-0.4, -0.2) is 12.2 Å². The third-order valence-corrected chi connectivity index (χ3v) is 1.33. The maximum Gasteiger partial charge on any atom is 0.0319 e. The standard InChI is InChI=1S/C8H12.CH4O.Rh/c1-2-4-6-8-7-5-3-1;1-2;/h1-2,7-8H,3-6H2;2H,1H3;/b2-1-,8-7?;;. The van der Waals surface area contributed by atoms with Crippen molar-refractivity contribution >= 4 is 0 Å². The summed E-state index contributed by atoms with van der Waals surface area (Å²) in [5.41, 5.74) is 0. The third-order valence-electron chi connectivity index (χ3n) is 1.33. The Kier molecular flexibility index (Phi) is 15.8. The molecule has 1 radical (unpaired) electrons. The predicted molar refractivity (Wildman–Crippen MR) is 44.9 cm³/mol. The van der Waals surface area contributed by atoms with Crippen molar-refractivity contribution in [1.29, 1.82) is 0 Å². The number of allylic oxidation sites excluding steroid dienone is 4. The molecule has 0 saturated heterocycles. The van der Waals surface area contributed by atoms with Crippen LogP contribution in [0.15, 0.2) is 24.3 Å². The zero-order valence-corrected chi connectivity index (χ0v) is 8.56. The fourth-order valence-corrected chi connectivity index (χ4v) is 0.856. The van der Waals surface area contributed by atoms with Crippen LogP contribution in [0.4, 0.5) is 0 Å². The van der Waals surface area contributed by atoms with E-state index in [4.69, 9.17) is 5.11 Å². The van der Waals surface area contributed by atoms with Crippen LogP contribution in [0.5, 0.6) is 0 Å². The van der Waals surface area contributed by atoms with Crippen molar-refractivity contribution in [2.24, 2.45) is 0 Å². The molecular formula is C9H16ORh. The van der Waals surface area contributed by atoms with Crippen LogP contribution in [0.1, 0.15) is 25.7 Å². The number of rotatable bonds is 0. The average Bonchev–Trinajstić information content (AvgIpc) is 1.90. The molecule has 0 aliphatic heterocycles. The number of aliphatic hydroxyl groups is 1. The summed E-state index contributed by atoms with van der Waals surface area (Å²) < 4.78 is 0. The average molecular weight is 243 g/mol. The summed E-state index contributed by atoms with van der Waals surface area (Å²) >= 11 is 0. The second-order valence-electron chi connectivity index (χ2n) is 2.10. The van der Waals surface area contributed by atoms with Gasteiger partial charge in [-0.05, 0) is 25.7 Å². The minimum Gasteiger partial charge on any atom is -0.400 e. The summed E-state index contributed by atoms with van der Waals surface area (Å²) in [6, 6.07) is 0. The molecule has 0 heterocycles. The number of hydrogen-bond acceptors (Lipinski definition) is 1. The van der Waals surface area contributed by atoms with E-state index in [-0.39, 0.29) is 19.5 Å². The molecule has 1 aliphatic rings. The molecule has 1 rings (SSSR count). The van der Waals surface area contributed by atoms with Crippen molar-refractivity contribution in [3.05, 3.63) is 24.3 Å². The van der Waals surface area contributed by atoms with Crippen molar-refractivity contribution in [3.8, 4) is 0 Å². The van der Waals surface area contributed by atoms with Gasteiger partial charge in [-0.15, -0.1) is 0 Å². The fourth-order valence-electron chi connectivity index (χ4n) is 0.856. The molecule has 0 saturated carbocycles. The zero-order valence-electron chi connectivity index (χ0n) is 6.92. The SMILES string of the molecule is C1=CCC/C=C\CC1.CO.[Rh]. The van der Waals surface area contributed by atoms with Gasteiger partial charge in [0, 0.05) is 26.6 Å². The molecule has 0 atom stereocenters. The van der Waals surface area contributed by atoms with Crippen molar-refractivity contribution in [3.63, 3.8) is 0 Å². The van der Waals surface area contributed by atoms with E-state index in [1.54, 1.807) is 0 Å². The molecule has 0 unspecified atom stereocenters. The van der Waals surface area contributed by atoms with Gasteiger partial charge in [0.1, 0.15) is 0 Å². The zero-order chi connectivity index (χ0) is 7.66. The molecule has 0 aromatic rings. The van der Waals surface area contributed by atoms with Gasteiger partial charge in [-0.25, -0.2) is 0 Å². The Labute approximate surface area is 82.0 Å². The third kappa shape index (κ3) is 10.1. The maximum atomic E-state index is 7.00. The second-order valence-corrected chi connectivity index (χ2v) is 2.10. The monoisotopic (exact) mass is 243 g/mol.